The minimum absolute atomic E-state index is 0.563. The first-order valence-corrected chi connectivity index (χ1v) is 6.44. The van der Waals surface area contributed by atoms with Gasteiger partial charge >= 0.3 is 0 Å². The Morgan fingerprint density at radius 3 is 2.53 bits per heavy atom. The van der Waals surface area contributed by atoms with Gasteiger partial charge in [-0.2, -0.15) is 10.4 Å². The second-order valence-electron chi connectivity index (χ2n) is 4.42. The molecule has 19 heavy (non-hydrogen) atoms. The van der Waals surface area contributed by atoms with Crippen LogP contribution in [0, 0.1) is 25.2 Å². The Kier molecular flexibility index (Phi) is 3.61. The van der Waals surface area contributed by atoms with Crippen LogP contribution in [-0.4, -0.2) is 19.7 Å². The predicted molar refractivity (Wildman–Crippen MR) is 72.1 cm³/mol. The van der Waals surface area contributed by atoms with Crippen LogP contribution in [0.1, 0.15) is 42.4 Å². The molecule has 0 aromatic carbocycles. The molecule has 0 aliphatic heterocycles. The predicted octanol–water partition coefficient (Wildman–Crippen LogP) is 2.28. The summed E-state index contributed by atoms with van der Waals surface area (Å²) >= 11 is 0. The third-order valence-electron chi connectivity index (χ3n) is 3.00. The van der Waals surface area contributed by atoms with Crippen LogP contribution in [-0.2, 0) is 12.8 Å². The normalized spacial score (nSPS) is 10.5. The van der Waals surface area contributed by atoms with Crippen molar-refractivity contribution in [3.8, 4) is 11.8 Å². The van der Waals surface area contributed by atoms with Gasteiger partial charge in [0.2, 0.25) is 0 Å². The van der Waals surface area contributed by atoms with Crippen molar-refractivity contribution in [2.45, 2.75) is 40.5 Å². The molecule has 98 valence electrons. The van der Waals surface area contributed by atoms with E-state index in [9.17, 15) is 5.26 Å². The van der Waals surface area contributed by atoms with Crippen LogP contribution >= 0.6 is 0 Å². The number of aryl methyl sites for hydroxylation is 4. The maximum Gasteiger partial charge on any atom is 0.151 e. The van der Waals surface area contributed by atoms with Gasteiger partial charge in [0.1, 0.15) is 11.9 Å². The lowest BCUT2D eigenvalue weighted by molar-refractivity contribution is 0.784. The lowest BCUT2D eigenvalue weighted by Gasteiger charge is -2.09. The Morgan fingerprint density at radius 2 is 1.95 bits per heavy atom. The molecular weight excluding hydrogens is 238 g/mol. The molecule has 0 aliphatic carbocycles. The lowest BCUT2D eigenvalue weighted by Crippen LogP contribution is -2.07. The van der Waals surface area contributed by atoms with Crippen LogP contribution in [0.5, 0.6) is 0 Å². The number of nitrogens with zero attached hydrogens (tertiary/aromatic N) is 5. The molecule has 5 heteroatoms. The Labute approximate surface area is 112 Å². The summed E-state index contributed by atoms with van der Waals surface area (Å²) in [7, 11) is 0. The van der Waals surface area contributed by atoms with Gasteiger partial charge in [0.15, 0.2) is 5.82 Å². The Morgan fingerprint density at radius 1 is 1.21 bits per heavy atom. The summed E-state index contributed by atoms with van der Waals surface area (Å²) in [5.41, 5.74) is 2.94. The first-order chi connectivity index (χ1) is 9.10. The molecule has 2 rings (SSSR count). The van der Waals surface area contributed by atoms with Crippen LogP contribution in [0.2, 0.25) is 0 Å². The van der Waals surface area contributed by atoms with Crippen molar-refractivity contribution in [1.82, 2.24) is 19.7 Å². The van der Waals surface area contributed by atoms with Gasteiger partial charge in [0, 0.05) is 18.5 Å². The molecule has 0 atom stereocenters. The standard InChI is InChI=1S/C14H17N5/c1-5-13-17-14(6-2)19(18-13)12-7-9(3)16-10(4)11(12)8-15/h7H,5-6H2,1-4H3. The monoisotopic (exact) mass is 255 g/mol. The largest absolute Gasteiger partial charge is 0.257 e. The summed E-state index contributed by atoms with van der Waals surface area (Å²) in [6.45, 7) is 7.82. The fourth-order valence-corrected chi connectivity index (χ4v) is 2.08. The van der Waals surface area contributed by atoms with Crippen molar-refractivity contribution in [3.05, 3.63) is 34.7 Å². The van der Waals surface area contributed by atoms with Gasteiger partial charge in [-0.15, -0.1) is 0 Å². The highest BCUT2D eigenvalue weighted by molar-refractivity contribution is 5.51. The van der Waals surface area contributed by atoms with E-state index >= 15 is 0 Å². The van der Waals surface area contributed by atoms with Crippen LogP contribution in [0.4, 0.5) is 0 Å². The average Bonchev–Trinajstić information content (AvgIpc) is 2.81. The van der Waals surface area contributed by atoms with E-state index in [2.05, 4.69) is 21.1 Å². The number of rotatable bonds is 3. The van der Waals surface area contributed by atoms with Crippen molar-refractivity contribution < 1.29 is 0 Å². The van der Waals surface area contributed by atoms with Crippen molar-refractivity contribution in [1.29, 1.82) is 5.26 Å². The van der Waals surface area contributed by atoms with Crippen LogP contribution in [0.3, 0.4) is 0 Å². The van der Waals surface area contributed by atoms with Gasteiger partial charge in [-0.25, -0.2) is 9.67 Å². The molecule has 5 nitrogen and oxygen atoms in total. The van der Waals surface area contributed by atoms with Gasteiger partial charge in [0.25, 0.3) is 0 Å². The van der Waals surface area contributed by atoms with Crippen molar-refractivity contribution in [2.24, 2.45) is 0 Å². The Hall–Kier alpha value is -2.22. The number of hydrogen-bond acceptors (Lipinski definition) is 4. The van der Waals surface area contributed by atoms with E-state index in [-0.39, 0.29) is 0 Å². The third kappa shape index (κ3) is 2.34. The maximum atomic E-state index is 9.33. The summed E-state index contributed by atoms with van der Waals surface area (Å²) in [6.07, 6.45) is 1.56. The summed E-state index contributed by atoms with van der Waals surface area (Å²) in [5, 5.41) is 13.8. The molecule has 2 aromatic rings. The van der Waals surface area contributed by atoms with E-state index in [4.69, 9.17) is 0 Å². The minimum atomic E-state index is 0.563. The minimum Gasteiger partial charge on any atom is -0.257 e. The fraction of sp³-hybridized carbons (Fsp3) is 0.429. The van der Waals surface area contributed by atoms with Gasteiger partial charge in [-0.3, -0.25) is 4.98 Å². The zero-order chi connectivity index (χ0) is 14.0. The SMILES string of the molecule is CCc1nc(CC)n(-c2cc(C)nc(C)c2C#N)n1. The number of aromatic nitrogens is 4. The van der Waals surface area contributed by atoms with Crippen molar-refractivity contribution in [3.63, 3.8) is 0 Å². The molecule has 0 aliphatic rings. The molecule has 0 bridgehead atoms. The van der Waals surface area contributed by atoms with Gasteiger partial charge in [-0.1, -0.05) is 13.8 Å². The first kappa shape index (κ1) is 13.2. The summed E-state index contributed by atoms with van der Waals surface area (Å²) in [5.74, 6) is 1.67. The van der Waals surface area contributed by atoms with Crippen molar-refractivity contribution >= 4 is 0 Å². The fourth-order valence-electron chi connectivity index (χ4n) is 2.08. The Bertz CT molecular complexity index is 649. The first-order valence-electron chi connectivity index (χ1n) is 6.44. The molecule has 2 heterocycles. The second kappa shape index (κ2) is 5.19. The molecule has 2 aromatic heterocycles. The summed E-state index contributed by atoms with van der Waals surface area (Å²) < 4.78 is 1.78. The molecule has 0 radical (unpaired) electrons. The molecule has 0 saturated heterocycles. The number of nitriles is 1. The topological polar surface area (TPSA) is 67.4 Å². The summed E-state index contributed by atoms with van der Waals surface area (Å²) in [4.78, 5) is 8.81. The molecule has 0 N–H and O–H groups in total. The van der Waals surface area contributed by atoms with E-state index in [0.29, 0.717) is 5.56 Å². The smallest absolute Gasteiger partial charge is 0.151 e. The maximum absolute atomic E-state index is 9.33. The third-order valence-corrected chi connectivity index (χ3v) is 3.00. The number of hydrogen-bond donors (Lipinski definition) is 0. The van der Waals surface area contributed by atoms with Gasteiger partial charge in [-0.05, 0) is 19.9 Å². The molecule has 0 amide bonds. The second-order valence-corrected chi connectivity index (χ2v) is 4.42. The van der Waals surface area contributed by atoms with E-state index < -0.39 is 0 Å². The Balaban J connectivity index is 2.71. The van der Waals surface area contributed by atoms with E-state index in [0.717, 1.165) is 41.6 Å². The highest BCUT2D eigenvalue weighted by atomic mass is 15.4. The van der Waals surface area contributed by atoms with Crippen LogP contribution in [0.25, 0.3) is 5.69 Å². The van der Waals surface area contributed by atoms with Gasteiger partial charge < -0.3 is 0 Å². The van der Waals surface area contributed by atoms with Crippen LogP contribution in [0.15, 0.2) is 6.07 Å². The molecular formula is C14H17N5. The zero-order valence-electron chi connectivity index (χ0n) is 11.7. The summed E-state index contributed by atoms with van der Waals surface area (Å²) in [6, 6.07) is 4.10. The van der Waals surface area contributed by atoms with Gasteiger partial charge in [0.05, 0.1) is 16.9 Å². The number of pyridine rings is 1. The van der Waals surface area contributed by atoms with E-state index in [1.54, 1.807) is 4.68 Å². The van der Waals surface area contributed by atoms with E-state index in [1.165, 1.54) is 0 Å². The molecule has 0 saturated carbocycles. The average molecular weight is 255 g/mol. The van der Waals surface area contributed by atoms with Crippen LogP contribution < -0.4 is 0 Å². The lowest BCUT2D eigenvalue weighted by atomic mass is 10.1. The van der Waals surface area contributed by atoms with Crippen molar-refractivity contribution in [2.75, 3.05) is 0 Å². The van der Waals surface area contributed by atoms with E-state index in [1.807, 2.05) is 33.8 Å². The highest BCUT2D eigenvalue weighted by Gasteiger charge is 2.15. The zero-order valence-corrected chi connectivity index (χ0v) is 11.7. The molecule has 0 fully saturated rings. The quantitative estimate of drug-likeness (QED) is 0.843. The molecule has 0 unspecified atom stereocenters. The highest BCUT2D eigenvalue weighted by Crippen LogP contribution is 2.19. The molecule has 0 spiro atoms.